The van der Waals surface area contributed by atoms with Crippen LogP contribution in [0.3, 0.4) is 0 Å². The molecule has 88 valence electrons. The molecule has 1 heterocycles. The van der Waals surface area contributed by atoms with Crippen LogP contribution in [0.15, 0.2) is 30.3 Å². The van der Waals surface area contributed by atoms with E-state index in [4.69, 9.17) is 10.5 Å². The predicted octanol–water partition coefficient (Wildman–Crippen LogP) is 2.50. The molecule has 0 bridgehead atoms. The first-order valence-electron chi connectivity index (χ1n) is 4.93. The molecule has 0 amide bonds. The summed E-state index contributed by atoms with van der Waals surface area (Å²) in [5, 5.41) is 2.89. The topological polar surface area (TPSA) is 73.1 Å². The lowest BCUT2D eigenvalue weighted by atomic mass is 10.3. The number of nitrogens with two attached hydrogens (primary N) is 1. The standard InChI is InChI=1S/C11H11IN4O/c1-14-9-6-10(16-11(13)15-9)17-8-4-2-7(12)3-5-8/h2-6H,1H3,(H3,13,14,15,16). The number of halogens is 1. The van der Waals surface area contributed by atoms with Gasteiger partial charge in [0.1, 0.15) is 11.6 Å². The van der Waals surface area contributed by atoms with Gasteiger partial charge in [-0.1, -0.05) is 0 Å². The predicted molar refractivity (Wildman–Crippen MR) is 75.2 cm³/mol. The van der Waals surface area contributed by atoms with Crippen molar-refractivity contribution in [1.82, 2.24) is 9.97 Å². The Labute approximate surface area is 113 Å². The number of nitrogens with one attached hydrogen (secondary N) is 1. The molecule has 6 heteroatoms. The van der Waals surface area contributed by atoms with E-state index in [9.17, 15) is 0 Å². The lowest BCUT2D eigenvalue weighted by Gasteiger charge is -2.07. The maximum atomic E-state index is 5.58. The summed E-state index contributed by atoms with van der Waals surface area (Å²) in [6.45, 7) is 0. The summed E-state index contributed by atoms with van der Waals surface area (Å²) in [5.41, 5.74) is 5.57. The number of hydrogen-bond acceptors (Lipinski definition) is 5. The second kappa shape index (κ2) is 5.17. The van der Waals surface area contributed by atoms with Crippen LogP contribution in [0.1, 0.15) is 0 Å². The molecule has 0 atom stereocenters. The van der Waals surface area contributed by atoms with Gasteiger partial charge in [0, 0.05) is 16.7 Å². The van der Waals surface area contributed by atoms with Crippen molar-refractivity contribution >= 4 is 34.4 Å². The zero-order chi connectivity index (χ0) is 12.3. The van der Waals surface area contributed by atoms with Crippen LogP contribution in [0.5, 0.6) is 11.6 Å². The largest absolute Gasteiger partial charge is 0.439 e. The van der Waals surface area contributed by atoms with Gasteiger partial charge in [0.25, 0.3) is 0 Å². The molecular weight excluding hydrogens is 331 g/mol. The molecular formula is C11H11IN4O. The fourth-order valence-corrected chi connectivity index (χ4v) is 1.61. The molecule has 0 saturated heterocycles. The maximum absolute atomic E-state index is 5.58. The van der Waals surface area contributed by atoms with Crippen LogP contribution in [0, 0.1) is 3.57 Å². The van der Waals surface area contributed by atoms with E-state index < -0.39 is 0 Å². The van der Waals surface area contributed by atoms with Crippen LogP contribution in [-0.2, 0) is 0 Å². The number of benzene rings is 1. The summed E-state index contributed by atoms with van der Waals surface area (Å²) in [5.74, 6) is 1.93. The Morgan fingerprint density at radius 1 is 1.24 bits per heavy atom. The average Bonchev–Trinajstić information content (AvgIpc) is 2.31. The van der Waals surface area contributed by atoms with Crippen LogP contribution in [0.4, 0.5) is 11.8 Å². The van der Waals surface area contributed by atoms with Crippen molar-refractivity contribution in [3.8, 4) is 11.6 Å². The lowest BCUT2D eigenvalue weighted by molar-refractivity contribution is 0.463. The number of aromatic nitrogens is 2. The monoisotopic (exact) mass is 342 g/mol. The normalized spacial score (nSPS) is 10.0. The quantitative estimate of drug-likeness (QED) is 0.839. The van der Waals surface area contributed by atoms with Crippen molar-refractivity contribution in [3.63, 3.8) is 0 Å². The molecule has 5 nitrogen and oxygen atoms in total. The zero-order valence-electron chi connectivity index (χ0n) is 9.14. The molecule has 2 aromatic rings. The summed E-state index contributed by atoms with van der Waals surface area (Å²) >= 11 is 2.23. The molecule has 0 aliphatic carbocycles. The van der Waals surface area contributed by atoms with Crippen molar-refractivity contribution in [2.45, 2.75) is 0 Å². The minimum Gasteiger partial charge on any atom is -0.439 e. The van der Waals surface area contributed by atoms with Gasteiger partial charge in [-0.2, -0.15) is 9.97 Å². The number of rotatable bonds is 3. The second-order valence-corrected chi connectivity index (χ2v) is 4.50. The summed E-state index contributed by atoms with van der Waals surface area (Å²) in [6.07, 6.45) is 0. The van der Waals surface area contributed by atoms with Gasteiger partial charge in [-0.15, -0.1) is 0 Å². The Morgan fingerprint density at radius 3 is 2.59 bits per heavy atom. The molecule has 0 unspecified atom stereocenters. The molecule has 0 spiro atoms. The number of nitrogens with zero attached hydrogens (tertiary/aromatic N) is 2. The van der Waals surface area contributed by atoms with E-state index in [0.29, 0.717) is 17.4 Å². The minimum atomic E-state index is 0.178. The third-order valence-electron chi connectivity index (χ3n) is 2.01. The summed E-state index contributed by atoms with van der Waals surface area (Å²) in [6, 6.07) is 9.35. The highest BCUT2D eigenvalue weighted by molar-refractivity contribution is 14.1. The smallest absolute Gasteiger partial charge is 0.226 e. The third kappa shape index (κ3) is 3.19. The minimum absolute atomic E-state index is 0.178. The van der Waals surface area contributed by atoms with Crippen LogP contribution < -0.4 is 15.8 Å². The molecule has 1 aromatic heterocycles. The fraction of sp³-hybridized carbons (Fsp3) is 0.0909. The highest BCUT2D eigenvalue weighted by Gasteiger charge is 2.03. The van der Waals surface area contributed by atoms with Gasteiger partial charge in [-0.05, 0) is 46.9 Å². The molecule has 2 rings (SSSR count). The highest BCUT2D eigenvalue weighted by Crippen LogP contribution is 2.22. The van der Waals surface area contributed by atoms with Gasteiger partial charge >= 0.3 is 0 Å². The molecule has 3 N–H and O–H groups in total. The Hall–Kier alpha value is -1.57. The number of ether oxygens (including phenoxy) is 1. The zero-order valence-corrected chi connectivity index (χ0v) is 11.3. The van der Waals surface area contributed by atoms with E-state index in [-0.39, 0.29) is 5.95 Å². The van der Waals surface area contributed by atoms with Crippen molar-refractivity contribution < 1.29 is 4.74 Å². The van der Waals surface area contributed by atoms with E-state index in [1.54, 1.807) is 13.1 Å². The van der Waals surface area contributed by atoms with E-state index in [0.717, 1.165) is 3.57 Å². The van der Waals surface area contributed by atoms with Crippen molar-refractivity contribution in [3.05, 3.63) is 33.9 Å². The molecule has 17 heavy (non-hydrogen) atoms. The van der Waals surface area contributed by atoms with Gasteiger partial charge in [-0.25, -0.2) is 0 Å². The first-order chi connectivity index (χ1) is 8.17. The number of hydrogen-bond donors (Lipinski definition) is 2. The van der Waals surface area contributed by atoms with Gasteiger partial charge in [0.05, 0.1) is 0 Å². The van der Waals surface area contributed by atoms with Crippen LogP contribution in [-0.4, -0.2) is 17.0 Å². The maximum Gasteiger partial charge on any atom is 0.226 e. The van der Waals surface area contributed by atoms with E-state index >= 15 is 0 Å². The summed E-state index contributed by atoms with van der Waals surface area (Å²) in [7, 11) is 1.76. The van der Waals surface area contributed by atoms with Crippen molar-refractivity contribution in [2.24, 2.45) is 0 Å². The average molecular weight is 342 g/mol. The van der Waals surface area contributed by atoms with E-state index in [1.807, 2.05) is 24.3 Å². The summed E-state index contributed by atoms with van der Waals surface area (Å²) in [4.78, 5) is 7.98. The van der Waals surface area contributed by atoms with Gasteiger partial charge in [0.2, 0.25) is 11.8 Å². The van der Waals surface area contributed by atoms with E-state index in [2.05, 4.69) is 37.9 Å². The molecule has 0 aliphatic heterocycles. The highest BCUT2D eigenvalue weighted by atomic mass is 127. The van der Waals surface area contributed by atoms with Crippen LogP contribution in [0.25, 0.3) is 0 Å². The Morgan fingerprint density at radius 2 is 1.94 bits per heavy atom. The number of nitrogen functional groups attached to an aromatic ring is 1. The van der Waals surface area contributed by atoms with Gasteiger partial charge in [-0.3, -0.25) is 0 Å². The number of anilines is 2. The molecule has 0 radical (unpaired) electrons. The summed E-state index contributed by atoms with van der Waals surface area (Å²) < 4.78 is 6.73. The Bertz CT molecular complexity index is 515. The molecule has 0 saturated carbocycles. The van der Waals surface area contributed by atoms with E-state index in [1.165, 1.54) is 0 Å². The lowest BCUT2D eigenvalue weighted by Crippen LogP contribution is -2.01. The molecule has 1 aromatic carbocycles. The van der Waals surface area contributed by atoms with Crippen LogP contribution >= 0.6 is 22.6 Å². The van der Waals surface area contributed by atoms with Gasteiger partial charge < -0.3 is 15.8 Å². The van der Waals surface area contributed by atoms with Crippen molar-refractivity contribution in [1.29, 1.82) is 0 Å². The SMILES string of the molecule is CNc1cc(Oc2ccc(I)cc2)nc(N)n1. The van der Waals surface area contributed by atoms with Crippen molar-refractivity contribution in [2.75, 3.05) is 18.1 Å². The van der Waals surface area contributed by atoms with Gasteiger partial charge in [0.15, 0.2) is 0 Å². The first kappa shape index (κ1) is 11.9. The third-order valence-corrected chi connectivity index (χ3v) is 2.73. The Kier molecular flexibility index (Phi) is 3.62. The second-order valence-electron chi connectivity index (χ2n) is 3.26. The first-order valence-corrected chi connectivity index (χ1v) is 6.01. The molecule has 0 fully saturated rings. The molecule has 0 aliphatic rings. The Balaban J connectivity index is 2.23. The van der Waals surface area contributed by atoms with Crippen LogP contribution in [0.2, 0.25) is 0 Å². The fourth-order valence-electron chi connectivity index (χ4n) is 1.25.